The molecule has 244 valence electrons. The molecule has 2 aliphatic rings. The molecular weight excluding hydrogens is 584 g/mol. The SMILES string of the molecule is CCC1(C(=O)O)C(N)NC(C)C(CCCN2CCC(c3ccccc3)(c3ccccc3)CC2)(C(=O)O)C1c1ccc([N+](=O)[O-])cc1. The highest BCUT2D eigenvalue weighted by molar-refractivity contribution is 5.84. The van der Waals surface area contributed by atoms with Gasteiger partial charge in [0, 0.05) is 29.5 Å². The van der Waals surface area contributed by atoms with E-state index in [9.17, 15) is 29.9 Å². The van der Waals surface area contributed by atoms with Gasteiger partial charge in [-0.15, -0.1) is 0 Å². The Hall–Kier alpha value is -4.12. The lowest BCUT2D eigenvalue weighted by Crippen LogP contribution is -2.72. The highest BCUT2D eigenvalue weighted by atomic mass is 16.6. The van der Waals surface area contributed by atoms with Gasteiger partial charge in [0.25, 0.3) is 5.69 Å². The third-order valence-electron chi connectivity index (χ3n) is 11.0. The number of non-ortho nitro benzene ring substituents is 1. The number of piperidine rings is 2. The summed E-state index contributed by atoms with van der Waals surface area (Å²) in [4.78, 5) is 39.8. The summed E-state index contributed by atoms with van der Waals surface area (Å²) in [5.41, 5.74) is 6.07. The number of nitrogens with one attached hydrogen (secondary N) is 1. The first-order valence-electron chi connectivity index (χ1n) is 16.1. The Labute approximate surface area is 269 Å². The van der Waals surface area contributed by atoms with Gasteiger partial charge >= 0.3 is 11.9 Å². The third-order valence-corrected chi connectivity index (χ3v) is 11.0. The van der Waals surface area contributed by atoms with Gasteiger partial charge in [-0.3, -0.25) is 25.0 Å². The van der Waals surface area contributed by atoms with Gasteiger partial charge in [-0.25, -0.2) is 0 Å². The molecule has 0 radical (unpaired) electrons. The standard InChI is InChI=1S/C36H44N4O6/c1-3-35(32(41)42)30(26-15-17-29(18-16-26)40(45)46)36(33(43)44,25(2)38-31(35)37)19-10-22-39-23-20-34(21-24-39,27-11-6-4-7-12-27)28-13-8-5-9-14-28/h4-9,11-18,25,30-31,38H,3,10,19-24,37H2,1-2H3,(H,41,42)(H,43,44). The molecular formula is C36H44N4O6. The fourth-order valence-electron chi connectivity index (χ4n) is 8.46. The second-order valence-electron chi connectivity index (χ2n) is 13.0. The number of rotatable bonds is 11. The van der Waals surface area contributed by atoms with E-state index in [2.05, 4.69) is 58.7 Å². The van der Waals surface area contributed by atoms with E-state index in [4.69, 9.17) is 5.73 Å². The topological polar surface area (TPSA) is 159 Å². The number of carboxylic acid groups (broad SMARTS) is 2. The minimum absolute atomic E-state index is 0.0765. The minimum atomic E-state index is -1.66. The number of hydrogen-bond donors (Lipinski definition) is 4. The number of nitrogens with two attached hydrogens (primary N) is 1. The van der Waals surface area contributed by atoms with Crippen molar-refractivity contribution in [3.8, 4) is 0 Å². The first-order chi connectivity index (χ1) is 22.0. The molecule has 0 aliphatic carbocycles. The Morgan fingerprint density at radius 1 is 0.913 bits per heavy atom. The number of carboxylic acids is 2. The van der Waals surface area contributed by atoms with E-state index in [1.807, 2.05) is 12.1 Å². The molecule has 0 aromatic heterocycles. The first-order valence-corrected chi connectivity index (χ1v) is 16.1. The van der Waals surface area contributed by atoms with Crippen molar-refractivity contribution in [3.05, 3.63) is 112 Å². The lowest BCUT2D eigenvalue weighted by molar-refractivity contribution is -0.384. The molecule has 0 spiro atoms. The van der Waals surface area contributed by atoms with Crippen LogP contribution in [-0.4, -0.2) is 63.8 Å². The monoisotopic (exact) mass is 628 g/mol. The first kappa shape index (κ1) is 33.2. The van der Waals surface area contributed by atoms with Gasteiger partial charge in [0.15, 0.2) is 0 Å². The molecule has 3 aromatic rings. The van der Waals surface area contributed by atoms with Crippen LogP contribution in [0.2, 0.25) is 0 Å². The van der Waals surface area contributed by atoms with E-state index < -0.39 is 45.8 Å². The zero-order valence-electron chi connectivity index (χ0n) is 26.5. The van der Waals surface area contributed by atoms with Crippen LogP contribution in [0.1, 0.15) is 68.6 Å². The number of nitrogens with zero attached hydrogens (tertiary/aromatic N) is 2. The summed E-state index contributed by atoms with van der Waals surface area (Å²) in [7, 11) is 0. The van der Waals surface area contributed by atoms with Crippen molar-refractivity contribution in [2.24, 2.45) is 16.6 Å². The Bertz CT molecular complexity index is 1490. The zero-order chi connectivity index (χ0) is 33.1. The fourth-order valence-corrected chi connectivity index (χ4v) is 8.46. The summed E-state index contributed by atoms with van der Waals surface area (Å²) < 4.78 is 0. The van der Waals surface area contributed by atoms with Crippen LogP contribution in [0.5, 0.6) is 0 Å². The van der Waals surface area contributed by atoms with Crippen molar-refractivity contribution in [1.82, 2.24) is 10.2 Å². The van der Waals surface area contributed by atoms with Crippen LogP contribution in [0.15, 0.2) is 84.9 Å². The molecule has 5 unspecified atom stereocenters. The number of benzene rings is 3. The van der Waals surface area contributed by atoms with Crippen molar-refractivity contribution in [3.63, 3.8) is 0 Å². The number of nitro benzene ring substituents is 1. The second kappa shape index (κ2) is 13.3. The molecule has 2 saturated heterocycles. The molecule has 5 rings (SSSR count). The van der Waals surface area contributed by atoms with Crippen molar-refractivity contribution in [2.75, 3.05) is 19.6 Å². The van der Waals surface area contributed by atoms with E-state index in [1.165, 1.54) is 35.4 Å². The van der Waals surface area contributed by atoms with Crippen molar-refractivity contribution in [1.29, 1.82) is 0 Å². The maximum Gasteiger partial charge on any atom is 0.313 e. The summed E-state index contributed by atoms with van der Waals surface area (Å²) in [6.07, 6.45) is 1.62. The van der Waals surface area contributed by atoms with Crippen LogP contribution >= 0.6 is 0 Å². The summed E-state index contributed by atoms with van der Waals surface area (Å²) in [6, 6.07) is 26.1. The second-order valence-corrected chi connectivity index (χ2v) is 13.0. The summed E-state index contributed by atoms with van der Waals surface area (Å²) in [5, 5.41) is 36.2. The lowest BCUT2D eigenvalue weighted by Gasteiger charge is -2.57. The molecule has 2 heterocycles. The Balaban J connectivity index is 1.42. The highest BCUT2D eigenvalue weighted by Crippen LogP contribution is 2.58. The van der Waals surface area contributed by atoms with Crippen LogP contribution in [0.25, 0.3) is 0 Å². The Morgan fingerprint density at radius 2 is 1.43 bits per heavy atom. The summed E-state index contributed by atoms with van der Waals surface area (Å²) in [6.45, 7) is 5.79. The number of carbonyl (C=O) groups is 2. The molecule has 0 amide bonds. The fraction of sp³-hybridized carbons (Fsp3) is 0.444. The van der Waals surface area contributed by atoms with Crippen LogP contribution in [0.4, 0.5) is 5.69 Å². The van der Waals surface area contributed by atoms with E-state index >= 15 is 0 Å². The molecule has 3 aromatic carbocycles. The van der Waals surface area contributed by atoms with Gasteiger partial charge < -0.3 is 20.8 Å². The maximum absolute atomic E-state index is 13.5. The number of aliphatic carboxylic acids is 2. The van der Waals surface area contributed by atoms with E-state index in [1.54, 1.807) is 13.8 Å². The van der Waals surface area contributed by atoms with Gasteiger partial charge in [0.1, 0.15) is 5.41 Å². The average molecular weight is 629 g/mol. The molecule has 0 saturated carbocycles. The number of likely N-dealkylation sites (tertiary alicyclic amines) is 1. The van der Waals surface area contributed by atoms with Crippen LogP contribution in [0.3, 0.4) is 0 Å². The van der Waals surface area contributed by atoms with Crippen molar-refractivity contribution in [2.45, 2.75) is 69.5 Å². The van der Waals surface area contributed by atoms with Gasteiger partial charge in [0.05, 0.1) is 16.5 Å². The van der Waals surface area contributed by atoms with Gasteiger partial charge in [-0.2, -0.15) is 0 Å². The summed E-state index contributed by atoms with van der Waals surface area (Å²) >= 11 is 0. The zero-order valence-corrected chi connectivity index (χ0v) is 26.5. The minimum Gasteiger partial charge on any atom is -0.481 e. The molecule has 5 atom stereocenters. The molecule has 10 heteroatoms. The molecule has 10 nitrogen and oxygen atoms in total. The average Bonchev–Trinajstić information content (AvgIpc) is 3.06. The van der Waals surface area contributed by atoms with E-state index in [0.29, 0.717) is 18.5 Å². The van der Waals surface area contributed by atoms with Crippen LogP contribution in [-0.2, 0) is 15.0 Å². The highest BCUT2D eigenvalue weighted by Gasteiger charge is 2.66. The van der Waals surface area contributed by atoms with Crippen molar-refractivity contribution < 1.29 is 24.7 Å². The summed E-state index contributed by atoms with van der Waals surface area (Å²) in [5.74, 6) is -3.32. The Morgan fingerprint density at radius 3 is 1.89 bits per heavy atom. The number of nitro groups is 1. The molecule has 5 N–H and O–H groups in total. The molecule has 0 bridgehead atoms. The predicted molar refractivity (Wildman–Crippen MR) is 175 cm³/mol. The lowest BCUT2D eigenvalue weighted by atomic mass is 9.51. The van der Waals surface area contributed by atoms with Crippen LogP contribution < -0.4 is 11.1 Å². The normalized spacial score (nSPS) is 27.9. The molecule has 46 heavy (non-hydrogen) atoms. The van der Waals surface area contributed by atoms with Gasteiger partial charge in [-0.1, -0.05) is 79.7 Å². The molecule has 2 aliphatic heterocycles. The van der Waals surface area contributed by atoms with E-state index in [-0.39, 0.29) is 23.9 Å². The molecule has 2 fully saturated rings. The Kier molecular flexibility index (Phi) is 9.62. The van der Waals surface area contributed by atoms with Gasteiger partial charge in [0.2, 0.25) is 0 Å². The largest absolute Gasteiger partial charge is 0.481 e. The quantitative estimate of drug-likeness (QED) is 0.162. The number of hydrogen-bond acceptors (Lipinski definition) is 7. The van der Waals surface area contributed by atoms with Crippen LogP contribution in [0, 0.1) is 20.9 Å². The maximum atomic E-state index is 13.5. The van der Waals surface area contributed by atoms with Gasteiger partial charge in [-0.05, 0) is 75.4 Å². The predicted octanol–water partition coefficient (Wildman–Crippen LogP) is 5.37. The van der Waals surface area contributed by atoms with E-state index in [0.717, 1.165) is 25.9 Å². The van der Waals surface area contributed by atoms with Crippen molar-refractivity contribution >= 4 is 17.6 Å². The smallest absolute Gasteiger partial charge is 0.313 e. The third kappa shape index (κ3) is 5.59.